The number of nitro groups is 2. The molecule has 0 aliphatic heterocycles. The molecule has 0 fully saturated rings. The Labute approximate surface area is 189 Å². The molecule has 10 nitrogen and oxygen atoms in total. The van der Waals surface area contributed by atoms with Gasteiger partial charge in [-0.3, -0.25) is 25.7 Å². The molecule has 2 aromatic carbocycles. The molecule has 32 heavy (non-hydrogen) atoms. The molecule has 4 aromatic rings. The number of hydrogen-bond donors (Lipinski definition) is 1. The number of rotatable bonds is 7. The summed E-state index contributed by atoms with van der Waals surface area (Å²) in [5.41, 5.74) is 4.33. The first-order chi connectivity index (χ1) is 15.4. The van der Waals surface area contributed by atoms with Gasteiger partial charge in [0.2, 0.25) is 5.13 Å². The number of anilines is 1. The zero-order valence-corrected chi connectivity index (χ0v) is 17.5. The van der Waals surface area contributed by atoms with Gasteiger partial charge in [-0.25, -0.2) is 4.98 Å². The highest BCUT2D eigenvalue weighted by atomic mass is 35.5. The van der Waals surface area contributed by atoms with E-state index in [0.717, 1.165) is 5.56 Å². The third-order valence-corrected chi connectivity index (χ3v) is 5.26. The largest absolute Gasteiger partial charge is 0.455 e. The van der Waals surface area contributed by atoms with Crippen molar-refractivity contribution in [1.29, 1.82) is 0 Å². The van der Waals surface area contributed by atoms with Crippen LogP contribution in [-0.2, 0) is 0 Å². The van der Waals surface area contributed by atoms with E-state index in [0.29, 0.717) is 27.9 Å². The van der Waals surface area contributed by atoms with Crippen molar-refractivity contribution in [3.8, 4) is 22.6 Å². The second-order valence-corrected chi connectivity index (χ2v) is 7.63. The van der Waals surface area contributed by atoms with Gasteiger partial charge < -0.3 is 4.42 Å². The molecule has 1 N–H and O–H groups in total. The standard InChI is InChI=1S/C20H12ClN5O5S/c21-13-3-7-16(18(9-13)26(29)30)19-8-6-15(31-19)10-22-24-20-23-17(11-32-20)12-1-4-14(5-2-12)25(27)28/h1-11H,(H,23,24)/b22-10+. The van der Waals surface area contributed by atoms with E-state index in [9.17, 15) is 20.2 Å². The van der Waals surface area contributed by atoms with Gasteiger partial charge in [-0.1, -0.05) is 11.6 Å². The van der Waals surface area contributed by atoms with Gasteiger partial charge in [0.05, 0.1) is 27.3 Å². The normalized spacial score (nSPS) is 11.0. The molecule has 0 unspecified atom stereocenters. The van der Waals surface area contributed by atoms with E-state index in [-0.39, 0.29) is 16.4 Å². The molecule has 0 aliphatic carbocycles. The number of halogens is 1. The summed E-state index contributed by atoms with van der Waals surface area (Å²) in [5, 5.41) is 28.7. The Hall–Kier alpha value is -4.09. The first-order valence-electron chi connectivity index (χ1n) is 8.94. The van der Waals surface area contributed by atoms with Crippen LogP contribution >= 0.6 is 22.9 Å². The third-order valence-electron chi connectivity index (χ3n) is 4.28. The third kappa shape index (κ3) is 4.63. The minimum atomic E-state index is -0.524. The van der Waals surface area contributed by atoms with Gasteiger partial charge in [0.25, 0.3) is 11.4 Å². The van der Waals surface area contributed by atoms with Gasteiger partial charge in [0.15, 0.2) is 0 Å². The molecule has 4 rings (SSSR count). The zero-order chi connectivity index (χ0) is 22.7. The second-order valence-electron chi connectivity index (χ2n) is 6.33. The maximum absolute atomic E-state index is 11.3. The molecule has 0 radical (unpaired) electrons. The number of benzene rings is 2. The average molecular weight is 470 g/mol. The fraction of sp³-hybridized carbons (Fsp3) is 0. The summed E-state index contributed by atoms with van der Waals surface area (Å²) in [6.45, 7) is 0. The van der Waals surface area contributed by atoms with Gasteiger partial charge in [-0.2, -0.15) is 5.10 Å². The topological polar surface area (TPSA) is 137 Å². The van der Waals surface area contributed by atoms with Gasteiger partial charge >= 0.3 is 0 Å². The quantitative estimate of drug-likeness (QED) is 0.199. The Bertz CT molecular complexity index is 1330. The number of hydrazone groups is 1. The minimum absolute atomic E-state index is 0.00803. The van der Waals surface area contributed by atoms with E-state index in [1.807, 2.05) is 0 Å². The van der Waals surface area contributed by atoms with Crippen molar-refractivity contribution in [2.45, 2.75) is 0 Å². The van der Waals surface area contributed by atoms with Crippen molar-refractivity contribution in [2.75, 3.05) is 5.43 Å². The summed E-state index contributed by atoms with van der Waals surface area (Å²) < 4.78 is 5.63. The molecule has 0 atom stereocenters. The summed E-state index contributed by atoms with van der Waals surface area (Å²) in [5.74, 6) is 0.688. The molecule has 12 heteroatoms. The molecule has 0 saturated heterocycles. The van der Waals surface area contributed by atoms with Crippen LogP contribution in [0.25, 0.3) is 22.6 Å². The lowest BCUT2D eigenvalue weighted by molar-refractivity contribution is -0.384. The van der Waals surface area contributed by atoms with E-state index in [1.54, 1.807) is 35.7 Å². The predicted molar refractivity (Wildman–Crippen MR) is 121 cm³/mol. The van der Waals surface area contributed by atoms with Crippen LogP contribution in [-0.4, -0.2) is 21.0 Å². The number of nitro benzene ring substituents is 2. The summed E-state index contributed by atoms with van der Waals surface area (Å²) in [7, 11) is 0. The first-order valence-corrected chi connectivity index (χ1v) is 10.2. The highest BCUT2D eigenvalue weighted by Crippen LogP contribution is 2.33. The van der Waals surface area contributed by atoms with Crippen molar-refractivity contribution < 1.29 is 14.3 Å². The van der Waals surface area contributed by atoms with Crippen molar-refractivity contribution in [3.63, 3.8) is 0 Å². The van der Waals surface area contributed by atoms with Crippen LogP contribution in [0.1, 0.15) is 5.76 Å². The van der Waals surface area contributed by atoms with Crippen molar-refractivity contribution >= 4 is 45.7 Å². The van der Waals surface area contributed by atoms with E-state index in [4.69, 9.17) is 16.0 Å². The first kappa shape index (κ1) is 21.2. The van der Waals surface area contributed by atoms with Crippen molar-refractivity contribution in [3.05, 3.63) is 91.0 Å². The maximum atomic E-state index is 11.3. The van der Waals surface area contributed by atoms with Gasteiger partial charge in [-0.15, -0.1) is 11.3 Å². The fourth-order valence-corrected chi connectivity index (χ4v) is 3.63. The molecule has 0 spiro atoms. The number of nitrogens with zero attached hydrogens (tertiary/aromatic N) is 4. The second kappa shape index (κ2) is 8.96. The molecule has 2 heterocycles. The van der Waals surface area contributed by atoms with Crippen molar-refractivity contribution in [1.82, 2.24) is 4.98 Å². The molecule has 0 saturated carbocycles. The highest BCUT2D eigenvalue weighted by Gasteiger charge is 2.18. The summed E-state index contributed by atoms with van der Waals surface area (Å²) >= 11 is 7.15. The molecule has 2 aromatic heterocycles. The Kier molecular flexibility index (Phi) is 5.92. The number of non-ortho nitro benzene ring substituents is 1. The van der Waals surface area contributed by atoms with Gasteiger partial charge in [0.1, 0.15) is 11.5 Å². The number of aromatic nitrogens is 1. The number of furan rings is 1. The lowest BCUT2D eigenvalue weighted by Gasteiger charge is -2.00. The molecule has 0 aliphatic rings. The van der Waals surface area contributed by atoms with E-state index in [2.05, 4.69) is 15.5 Å². The molecular weight excluding hydrogens is 458 g/mol. The van der Waals surface area contributed by atoms with Crippen LogP contribution in [0.5, 0.6) is 0 Å². The van der Waals surface area contributed by atoms with Crippen LogP contribution in [0.15, 0.2) is 69.5 Å². The average Bonchev–Trinajstić information content (AvgIpc) is 3.44. The van der Waals surface area contributed by atoms with Crippen molar-refractivity contribution in [2.24, 2.45) is 5.10 Å². The lowest BCUT2D eigenvalue weighted by Crippen LogP contribution is -1.91. The van der Waals surface area contributed by atoms with E-state index in [1.165, 1.54) is 41.8 Å². The number of thiazole rings is 1. The fourth-order valence-electron chi connectivity index (χ4n) is 2.79. The summed E-state index contributed by atoms with van der Waals surface area (Å²) in [6.07, 6.45) is 1.41. The predicted octanol–water partition coefficient (Wildman–Crippen LogP) is 5.99. The van der Waals surface area contributed by atoms with Crippen LogP contribution < -0.4 is 5.43 Å². The zero-order valence-electron chi connectivity index (χ0n) is 16.0. The Morgan fingerprint density at radius 1 is 1.06 bits per heavy atom. The lowest BCUT2D eigenvalue weighted by atomic mass is 10.1. The molecule has 0 amide bonds. The Morgan fingerprint density at radius 2 is 1.84 bits per heavy atom. The highest BCUT2D eigenvalue weighted by molar-refractivity contribution is 7.14. The Morgan fingerprint density at radius 3 is 2.56 bits per heavy atom. The summed E-state index contributed by atoms with van der Waals surface area (Å²) in [6, 6.07) is 13.6. The molecule has 0 bridgehead atoms. The van der Waals surface area contributed by atoms with Gasteiger partial charge in [-0.05, 0) is 36.4 Å². The molecular formula is C20H12ClN5O5S. The van der Waals surface area contributed by atoms with E-state index >= 15 is 0 Å². The maximum Gasteiger partial charge on any atom is 0.281 e. The number of nitrogens with one attached hydrogen (secondary N) is 1. The molecule has 160 valence electrons. The van der Waals surface area contributed by atoms with Crippen LogP contribution in [0.3, 0.4) is 0 Å². The Balaban J connectivity index is 1.44. The SMILES string of the molecule is O=[N+]([O-])c1ccc(-c2csc(N/N=C/c3ccc(-c4ccc(Cl)cc4[N+](=O)[O-])o3)n2)cc1. The number of hydrogen-bond acceptors (Lipinski definition) is 9. The smallest absolute Gasteiger partial charge is 0.281 e. The van der Waals surface area contributed by atoms with Crippen LogP contribution in [0, 0.1) is 20.2 Å². The monoisotopic (exact) mass is 469 g/mol. The van der Waals surface area contributed by atoms with Crippen LogP contribution in [0.2, 0.25) is 5.02 Å². The summed E-state index contributed by atoms with van der Waals surface area (Å²) in [4.78, 5) is 25.4. The van der Waals surface area contributed by atoms with E-state index < -0.39 is 9.85 Å². The van der Waals surface area contributed by atoms with Crippen LogP contribution in [0.4, 0.5) is 16.5 Å². The van der Waals surface area contributed by atoms with Gasteiger partial charge in [0, 0.05) is 34.2 Å². The minimum Gasteiger partial charge on any atom is -0.455 e.